The fraction of sp³-hybridized carbons (Fsp3) is 0.250. The quantitative estimate of drug-likeness (QED) is 0.348. The molecule has 0 aliphatic rings. The van der Waals surface area contributed by atoms with E-state index in [1.807, 2.05) is 6.07 Å². The smallest absolute Gasteiger partial charge is 0.329 e. The lowest BCUT2D eigenvalue weighted by atomic mass is 10.1. The Labute approximate surface area is 168 Å². The van der Waals surface area contributed by atoms with Crippen molar-refractivity contribution < 1.29 is 28.9 Å². The first-order valence-corrected chi connectivity index (χ1v) is 8.67. The minimum absolute atomic E-state index is 0.0115. The summed E-state index contributed by atoms with van der Waals surface area (Å²) in [6.45, 7) is 0.264. The highest BCUT2D eigenvalue weighted by molar-refractivity contribution is 6.35. The minimum atomic E-state index is -0.890. The van der Waals surface area contributed by atoms with Crippen LogP contribution in [0.2, 0.25) is 0 Å². The number of nitrogens with zero attached hydrogens (tertiary/aromatic N) is 1. The van der Waals surface area contributed by atoms with E-state index in [2.05, 4.69) is 15.8 Å². The van der Waals surface area contributed by atoms with Gasteiger partial charge in [-0.25, -0.2) is 5.43 Å². The van der Waals surface area contributed by atoms with E-state index < -0.39 is 11.8 Å². The highest BCUT2D eigenvalue weighted by Crippen LogP contribution is 2.27. The van der Waals surface area contributed by atoms with E-state index >= 15 is 0 Å². The predicted molar refractivity (Wildman–Crippen MR) is 107 cm³/mol. The van der Waals surface area contributed by atoms with Crippen LogP contribution in [0.25, 0.3) is 0 Å². The molecule has 0 heterocycles. The SMILES string of the molecule is COc1cc(/C=N/NC(=O)C(=O)NCCc2ccc(OC)c(OC)c2)ccc1O. The number of benzene rings is 2. The number of ether oxygens (including phenoxy) is 3. The summed E-state index contributed by atoms with van der Waals surface area (Å²) in [5.41, 5.74) is 3.64. The predicted octanol–water partition coefficient (Wildman–Crippen LogP) is 1.23. The Morgan fingerprint density at radius 2 is 1.69 bits per heavy atom. The zero-order chi connectivity index (χ0) is 21.2. The molecule has 9 heteroatoms. The summed E-state index contributed by atoms with van der Waals surface area (Å²) in [5, 5.41) is 15.8. The zero-order valence-corrected chi connectivity index (χ0v) is 16.4. The maximum Gasteiger partial charge on any atom is 0.329 e. The molecule has 0 radical (unpaired) electrons. The average molecular weight is 401 g/mol. The molecule has 0 bridgehead atoms. The molecule has 0 saturated carbocycles. The Hall–Kier alpha value is -3.75. The lowest BCUT2D eigenvalue weighted by Crippen LogP contribution is -2.38. The molecular formula is C20H23N3O6. The molecule has 3 N–H and O–H groups in total. The lowest BCUT2D eigenvalue weighted by molar-refractivity contribution is -0.139. The summed E-state index contributed by atoms with van der Waals surface area (Å²) in [4.78, 5) is 23.6. The normalized spacial score (nSPS) is 10.4. The molecule has 0 aromatic heterocycles. The first-order chi connectivity index (χ1) is 14.0. The summed E-state index contributed by atoms with van der Waals surface area (Å²) >= 11 is 0. The number of hydrogen-bond donors (Lipinski definition) is 3. The van der Waals surface area contributed by atoms with E-state index in [4.69, 9.17) is 14.2 Å². The largest absolute Gasteiger partial charge is 0.504 e. The number of hydrazone groups is 1. The molecule has 0 spiro atoms. The van der Waals surface area contributed by atoms with Crippen LogP contribution in [0.15, 0.2) is 41.5 Å². The van der Waals surface area contributed by atoms with Crippen molar-refractivity contribution in [2.24, 2.45) is 5.10 Å². The van der Waals surface area contributed by atoms with Crippen molar-refractivity contribution in [3.63, 3.8) is 0 Å². The average Bonchev–Trinajstić information content (AvgIpc) is 2.74. The van der Waals surface area contributed by atoms with Crippen LogP contribution in [0.5, 0.6) is 23.0 Å². The van der Waals surface area contributed by atoms with Gasteiger partial charge in [0.25, 0.3) is 0 Å². The van der Waals surface area contributed by atoms with Crippen molar-refractivity contribution in [1.82, 2.24) is 10.7 Å². The molecule has 0 atom stereocenters. The van der Waals surface area contributed by atoms with E-state index in [0.29, 0.717) is 23.5 Å². The van der Waals surface area contributed by atoms with Gasteiger partial charge >= 0.3 is 11.8 Å². The Kier molecular flexibility index (Phi) is 7.84. The summed E-state index contributed by atoms with van der Waals surface area (Å²) in [7, 11) is 4.52. The van der Waals surface area contributed by atoms with Gasteiger partial charge in [0.1, 0.15) is 0 Å². The molecule has 9 nitrogen and oxygen atoms in total. The van der Waals surface area contributed by atoms with Crippen molar-refractivity contribution in [3.05, 3.63) is 47.5 Å². The first kappa shape index (κ1) is 21.5. The fourth-order valence-electron chi connectivity index (χ4n) is 2.43. The molecule has 2 aromatic carbocycles. The number of hydrogen-bond acceptors (Lipinski definition) is 7. The van der Waals surface area contributed by atoms with Gasteiger partial charge in [-0.05, 0) is 47.9 Å². The topological polar surface area (TPSA) is 118 Å². The Bertz CT molecular complexity index is 898. The van der Waals surface area contributed by atoms with Crippen molar-refractivity contribution in [3.8, 4) is 23.0 Å². The van der Waals surface area contributed by atoms with Crippen molar-refractivity contribution in [1.29, 1.82) is 0 Å². The van der Waals surface area contributed by atoms with Crippen LogP contribution < -0.4 is 25.0 Å². The molecule has 0 unspecified atom stereocenters. The number of nitrogens with one attached hydrogen (secondary N) is 2. The second-order valence-electron chi connectivity index (χ2n) is 5.83. The third kappa shape index (κ3) is 6.13. The van der Waals surface area contributed by atoms with Gasteiger partial charge < -0.3 is 24.6 Å². The van der Waals surface area contributed by atoms with Crippen molar-refractivity contribution in [2.45, 2.75) is 6.42 Å². The molecule has 0 aliphatic heterocycles. The third-order valence-corrected chi connectivity index (χ3v) is 3.94. The fourth-order valence-corrected chi connectivity index (χ4v) is 2.43. The van der Waals surface area contributed by atoms with E-state index in [9.17, 15) is 14.7 Å². The monoisotopic (exact) mass is 401 g/mol. The number of rotatable bonds is 8. The molecular weight excluding hydrogens is 378 g/mol. The maximum absolute atomic E-state index is 11.8. The van der Waals surface area contributed by atoms with Gasteiger partial charge in [0, 0.05) is 6.54 Å². The number of phenolic OH excluding ortho intramolecular Hbond substituents is 1. The lowest BCUT2D eigenvalue weighted by Gasteiger charge is -2.10. The second-order valence-corrected chi connectivity index (χ2v) is 5.83. The molecule has 2 amide bonds. The number of carbonyl (C=O) groups is 2. The van der Waals surface area contributed by atoms with Crippen LogP contribution in [0.1, 0.15) is 11.1 Å². The maximum atomic E-state index is 11.8. The number of phenols is 1. The van der Waals surface area contributed by atoms with Gasteiger partial charge in [0.2, 0.25) is 0 Å². The number of aromatic hydroxyl groups is 1. The first-order valence-electron chi connectivity index (χ1n) is 8.67. The zero-order valence-electron chi connectivity index (χ0n) is 16.4. The molecule has 29 heavy (non-hydrogen) atoms. The molecule has 154 valence electrons. The standard InChI is InChI=1S/C20H23N3O6/c1-27-16-7-5-13(10-18(16)29-3)8-9-21-19(25)20(26)23-22-12-14-4-6-15(24)17(11-14)28-2/h4-7,10-12,24H,8-9H2,1-3H3,(H,21,25)(H,23,26)/b22-12+. The number of amides is 2. The number of methoxy groups -OCH3 is 3. The van der Waals surface area contributed by atoms with E-state index in [1.54, 1.807) is 32.4 Å². The highest BCUT2D eigenvalue weighted by atomic mass is 16.5. The van der Waals surface area contributed by atoms with Crippen LogP contribution in [0.3, 0.4) is 0 Å². The van der Waals surface area contributed by atoms with E-state index in [0.717, 1.165) is 5.56 Å². The Balaban J connectivity index is 1.81. The minimum Gasteiger partial charge on any atom is -0.504 e. The van der Waals surface area contributed by atoms with Crippen LogP contribution in [-0.2, 0) is 16.0 Å². The van der Waals surface area contributed by atoms with Crippen LogP contribution in [-0.4, -0.2) is 51.0 Å². The summed E-state index contributed by atoms with van der Waals surface area (Å²) < 4.78 is 15.4. The van der Waals surface area contributed by atoms with E-state index in [1.165, 1.54) is 25.5 Å². The van der Waals surface area contributed by atoms with Crippen LogP contribution in [0.4, 0.5) is 0 Å². The third-order valence-electron chi connectivity index (χ3n) is 3.94. The van der Waals surface area contributed by atoms with Gasteiger partial charge in [-0.3, -0.25) is 9.59 Å². The highest BCUT2D eigenvalue weighted by Gasteiger charge is 2.12. The van der Waals surface area contributed by atoms with Gasteiger partial charge in [-0.15, -0.1) is 0 Å². The van der Waals surface area contributed by atoms with Crippen molar-refractivity contribution in [2.75, 3.05) is 27.9 Å². The van der Waals surface area contributed by atoms with Crippen LogP contribution in [0, 0.1) is 0 Å². The Morgan fingerprint density at radius 1 is 0.966 bits per heavy atom. The van der Waals surface area contributed by atoms with Crippen LogP contribution >= 0.6 is 0 Å². The summed E-state index contributed by atoms with van der Waals surface area (Å²) in [5.74, 6) is -0.223. The molecule has 0 fully saturated rings. The van der Waals surface area contributed by atoms with E-state index in [-0.39, 0.29) is 18.0 Å². The number of carbonyl (C=O) groups excluding carboxylic acids is 2. The molecule has 2 aromatic rings. The summed E-state index contributed by atoms with van der Waals surface area (Å²) in [6.07, 6.45) is 1.84. The molecule has 0 aliphatic carbocycles. The van der Waals surface area contributed by atoms with Gasteiger partial charge in [-0.2, -0.15) is 5.10 Å². The molecule has 2 rings (SSSR count). The van der Waals surface area contributed by atoms with Gasteiger partial charge in [-0.1, -0.05) is 6.07 Å². The molecule has 0 saturated heterocycles. The van der Waals surface area contributed by atoms with Crippen molar-refractivity contribution >= 4 is 18.0 Å². The second kappa shape index (κ2) is 10.5. The Morgan fingerprint density at radius 3 is 2.38 bits per heavy atom. The van der Waals surface area contributed by atoms with Gasteiger partial charge in [0.05, 0.1) is 27.5 Å². The van der Waals surface area contributed by atoms with Gasteiger partial charge in [0.15, 0.2) is 23.0 Å². The summed E-state index contributed by atoms with van der Waals surface area (Å²) in [6, 6.07) is 9.98.